The van der Waals surface area contributed by atoms with Crippen molar-refractivity contribution in [3.63, 3.8) is 0 Å². The van der Waals surface area contributed by atoms with Crippen molar-refractivity contribution >= 4 is 21.8 Å². The number of ether oxygens (including phenoxy) is 2. The van der Waals surface area contributed by atoms with Crippen LogP contribution >= 0.6 is 0 Å². The van der Waals surface area contributed by atoms with Gasteiger partial charge in [0.15, 0.2) is 11.5 Å². The number of para-hydroxylation sites is 2. The molecule has 0 radical (unpaired) electrons. The lowest BCUT2D eigenvalue weighted by Gasteiger charge is -2.11. The van der Waals surface area contributed by atoms with E-state index in [1.165, 1.54) is 0 Å². The summed E-state index contributed by atoms with van der Waals surface area (Å²) in [7, 11) is 3.30. The first kappa shape index (κ1) is 17.3. The molecule has 0 aliphatic carbocycles. The minimum atomic E-state index is 0.723. The van der Waals surface area contributed by atoms with Crippen molar-refractivity contribution in [3.8, 4) is 34.0 Å². The van der Waals surface area contributed by atoms with E-state index < -0.39 is 0 Å². The second kappa shape index (κ2) is 6.99. The van der Waals surface area contributed by atoms with Crippen molar-refractivity contribution < 1.29 is 9.47 Å². The number of nitrogens with one attached hydrogen (secondary N) is 1. The molecular formula is C25H20N2O2. The molecule has 4 nitrogen and oxygen atoms in total. The maximum Gasteiger partial charge on any atom is 0.161 e. The normalized spacial score (nSPS) is 11.1. The van der Waals surface area contributed by atoms with Crippen LogP contribution in [-0.2, 0) is 0 Å². The molecule has 29 heavy (non-hydrogen) atoms. The quantitative estimate of drug-likeness (QED) is 0.412. The second-order valence-electron chi connectivity index (χ2n) is 6.91. The van der Waals surface area contributed by atoms with Crippen LogP contribution in [0.2, 0.25) is 0 Å². The molecule has 0 fully saturated rings. The van der Waals surface area contributed by atoms with Crippen LogP contribution in [0.1, 0.15) is 0 Å². The van der Waals surface area contributed by atoms with Crippen LogP contribution in [-0.4, -0.2) is 24.2 Å². The minimum Gasteiger partial charge on any atom is -0.493 e. The average Bonchev–Trinajstić information content (AvgIpc) is 3.22. The first-order valence-electron chi connectivity index (χ1n) is 9.47. The third kappa shape index (κ3) is 2.99. The number of aromatic nitrogens is 2. The summed E-state index contributed by atoms with van der Waals surface area (Å²) in [6.45, 7) is 0. The standard InChI is InChI=1S/C25H20N2O2/c1-28-23-13-11-17(15-24(23)29-2)16-10-12-19-18(14-16)6-5-7-20(19)25-26-21-8-3-4-9-22(21)27-25/h3-15H,1-2H3,(H,26,27). The smallest absolute Gasteiger partial charge is 0.161 e. The van der Waals surface area contributed by atoms with Gasteiger partial charge in [-0.1, -0.05) is 48.5 Å². The lowest BCUT2D eigenvalue weighted by Crippen LogP contribution is -1.91. The van der Waals surface area contributed by atoms with E-state index in [4.69, 9.17) is 14.5 Å². The molecule has 4 heteroatoms. The lowest BCUT2D eigenvalue weighted by molar-refractivity contribution is 0.355. The third-order valence-corrected chi connectivity index (χ3v) is 5.24. The van der Waals surface area contributed by atoms with Gasteiger partial charge in [0, 0.05) is 5.56 Å². The second-order valence-corrected chi connectivity index (χ2v) is 6.91. The summed E-state index contributed by atoms with van der Waals surface area (Å²) in [5.74, 6) is 2.33. The highest BCUT2D eigenvalue weighted by atomic mass is 16.5. The molecule has 1 N–H and O–H groups in total. The summed E-state index contributed by atoms with van der Waals surface area (Å²) in [5, 5.41) is 2.33. The highest BCUT2D eigenvalue weighted by Crippen LogP contribution is 2.35. The van der Waals surface area contributed by atoms with Gasteiger partial charge >= 0.3 is 0 Å². The van der Waals surface area contributed by atoms with Gasteiger partial charge in [-0.15, -0.1) is 0 Å². The first-order chi connectivity index (χ1) is 14.3. The van der Waals surface area contributed by atoms with Crippen molar-refractivity contribution in [2.24, 2.45) is 0 Å². The van der Waals surface area contributed by atoms with Gasteiger partial charge in [0.25, 0.3) is 0 Å². The van der Waals surface area contributed by atoms with Crippen LogP contribution in [0.25, 0.3) is 44.3 Å². The van der Waals surface area contributed by atoms with Crippen molar-refractivity contribution in [3.05, 3.63) is 78.9 Å². The summed E-state index contributed by atoms with van der Waals surface area (Å²) >= 11 is 0. The third-order valence-electron chi connectivity index (χ3n) is 5.24. The maximum absolute atomic E-state index is 5.45. The lowest BCUT2D eigenvalue weighted by atomic mass is 9.98. The summed E-state index contributed by atoms with van der Waals surface area (Å²) in [4.78, 5) is 8.21. The van der Waals surface area contributed by atoms with Crippen LogP contribution < -0.4 is 9.47 Å². The molecule has 0 amide bonds. The van der Waals surface area contributed by atoms with E-state index in [9.17, 15) is 0 Å². The molecule has 0 unspecified atom stereocenters. The van der Waals surface area contributed by atoms with E-state index in [1.54, 1.807) is 14.2 Å². The summed E-state index contributed by atoms with van der Waals surface area (Å²) < 4.78 is 10.8. The number of nitrogens with zero attached hydrogens (tertiary/aromatic N) is 1. The van der Waals surface area contributed by atoms with E-state index in [1.807, 2.05) is 42.5 Å². The van der Waals surface area contributed by atoms with Gasteiger partial charge in [-0.25, -0.2) is 4.98 Å². The van der Waals surface area contributed by atoms with Crippen LogP contribution in [0.4, 0.5) is 0 Å². The Balaban J connectivity index is 1.62. The Kier molecular flexibility index (Phi) is 4.17. The molecule has 1 aromatic heterocycles. The molecule has 0 saturated heterocycles. The molecule has 142 valence electrons. The number of hydrogen-bond acceptors (Lipinski definition) is 3. The Morgan fingerprint density at radius 1 is 0.724 bits per heavy atom. The van der Waals surface area contributed by atoms with Crippen molar-refractivity contribution in [2.45, 2.75) is 0 Å². The number of methoxy groups -OCH3 is 2. The van der Waals surface area contributed by atoms with Gasteiger partial charge in [-0.3, -0.25) is 0 Å². The fourth-order valence-electron chi connectivity index (χ4n) is 3.77. The molecule has 5 rings (SSSR count). The molecule has 4 aromatic carbocycles. The molecule has 0 bridgehead atoms. The fourth-order valence-corrected chi connectivity index (χ4v) is 3.77. The zero-order valence-electron chi connectivity index (χ0n) is 16.3. The maximum atomic E-state index is 5.45. The summed E-state index contributed by atoms with van der Waals surface area (Å²) in [6.07, 6.45) is 0. The van der Waals surface area contributed by atoms with Gasteiger partial charge in [0.1, 0.15) is 5.82 Å². The van der Waals surface area contributed by atoms with E-state index in [0.717, 1.165) is 55.8 Å². The zero-order chi connectivity index (χ0) is 19.8. The molecule has 0 saturated carbocycles. The van der Waals surface area contributed by atoms with Gasteiger partial charge in [0.2, 0.25) is 0 Å². The average molecular weight is 380 g/mol. The molecular weight excluding hydrogens is 360 g/mol. The Hall–Kier alpha value is -3.79. The van der Waals surface area contributed by atoms with E-state index in [2.05, 4.69) is 41.4 Å². The topological polar surface area (TPSA) is 47.1 Å². The van der Waals surface area contributed by atoms with Crippen LogP contribution in [0.5, 0.6) is 11.5 Å². The molecule has 0 spiro atoms. The summed E-state index contributed by atoms with van der Waals surface area (Å²) in [6, 6.07) is 26.9. The van der Waals surface area contributed by atoms with Crippen LogP contribution in [0.3, 0.4) is 0 Å². The Morgan fingerprint density at radius 2 is 1.52 bits per heavy atom. The predicted octanol–water partition coefficient (Wildman–Crippen LogP) is 6.07. The van der Waals surface area contributed by atoms with Gasteiger partial charge in [-0.2, -0.15) is 0 Å². The van der Waals surface area contributed by atoms with Crippen molar-refractivity contribution in [2.75, 3.05) is 14.2 Å². The Bertz CT molecular complexity index is 1300. The molecule has 0 aliphatic rings. The number of fused-ring (bicyclic) bond motifs is 2. The van der Waals surface area contributed by atoms with E-state index in [0.29, 0.717) is 0 Å². The summed E-state index contributed by atoms with van der Waals surface area (Å²) in [5.41, 5.74) is 5.32. The number of H-pyrrole nitrogens is 1. The highest BCUT2D eigenvalue weighted by molar-refractivity contribution is 5.98. The highest BCUT2D eigenvalue weighted by Gasteiger charge is 2.11. The largest absolute Gasteiger partial charge is 0.493 e. The zero-order valence-corrected chi connectivity index (χ0v) is 16.3. The first-order valence-corrected chi connectivity index (χ1v) is 9.47. The number of hydrogen-bond donors (Lipinski definition) is 1. The van der Waals surface area contributed by atoms with Crippen molar-refractivity contribution in [1.29, 1.82) is 0 Å². The molecule has 1 heterocycles. The molecule has 0 atom stereocenters. The number of imidazole rings is 1. The molecule has 0 aliphatic heterocycles. The van der Waals surface area contributed by atoms with E-state index >= 15 is 0 Å². The van der Waals surface area contributed by atoms with Crippen molar-refractivity contribution in [1.82, 2.24) is 9.97 Å². The van der Waals surface area contributed by atoms with Crippen LogP contribution in [0.15, 0.2) is 78.9 Å². The number of rotatable bonds is 4. The molecule has 5 aromatic rings. The van der Waals surface area contributed by atoms with Crippen LogP contribution in [0, 0.1) is 0 Å². The van der Waals surface area contributed by atoms with Gasteiger partial charge in [-0.05, 0) is 52.2 Å². The monoisotopic (exact) mass is 380 g/mol. The Morgan fingerprint density at radius 3 is 2.34 bits per heavy atom. The van der Waals surface area contributed by atoms with Gasteiger partial charge < -0.3 is 14.5 Å². The fraction of sp³-hybridized carbons (Fsp3) is 0.0800. The SMILES string of the molecule is COc1ccc(-c2ccc3c(-c4nc5ccccc5[nH]4)cccc3c2)cc1OC. The number of benzene rings is 4. The minimum absolute atomic E-state index is 0.723. The van der Waals surface area contributed by atoms with E-state index in [-0.39, 0.29) is 0 Å². The van der Waals surface area contributed by atoms with Gasteiger partial charge in [0.05, 0.1) is 25.3 Å². The number of aromatic amines is 1. The Labute approximate surface area is 168 Å². The predicted molar refractivity (Wildman–Crippen MR) is 118 cm³/mol.